The minimum absolute atomic E-state index is 0.642. The topological polar surface area (TPSA) is 27.7 Å². The molecule has 2 rings (SSSR count). The molecule has 0 N–H and O–H groups in total. The number of rotatable bonds is 4. The maximum atomic E-state index is 5.37. The molecule has 0 heterocycles. The number of methoxy groups -OCH3 is 3. The summed E-state index contributed by atoms with van der Waals surface area (Å²) in [5, 5.41) is 0. The van der Waals surface area contributed by atoms with Crippen LogP contribution >= 0.6 is 0 Å². The molecule has 1 aliphatic rings. The first-order valence-corrected chi connectivity index (χ1v) is 6.10. The van der Waals surface area contributed by atoms with Gasteiger partial charge in [-0.15, -0.1) is 0 Å². The first kappa shape index (κ1) is 12.1. The number of hydrogen-bond acceptors (Lipinski definition) is 3. The second-order valence-corrected chi connectivity index (χ2v) is 4.44. The van der Waals surface area contributed by atoms with Crippen molar-refractivity contribution in [3.8, 4) is 17.2 Å². The van der Waals surface area contributed by atoms with Gasteiger partial charge in [0.25, 0.3) is 0 Å². The van der Waals surface area contributed by atoms with E-state index >= 15 is 0 Å². The minimum atomic E-state index is 0.642. The van der Waals surface area contributed by atoms with Crippen molar-refractivity contribution in [1.82, 2.24) is 0 Å². The largest absolute Gasteiger partial charge is 0.493 e. The van der Waals surface area contributed by atoms with Crippen LogP contribution in [0.1, 0.15) is 37.2 Å². The monoisotopic (exact) mass is 236 g/mol. The van der Waals surface area contributed by atoms with Gasteiger partial charge in [0, 0.05) is 0 Å². The van der Waals surface area contributed by atoms with Crippen LogP contribution in [-0.2, 0) is 0 Å². The lowest BCUT2D eigenvalue weighted by atomic mass is 9.97. The Balaban J connectivity index is 2.40. The van der Waals surface area contributed by atoms with Gasteiger partial charge in [0.2, 0.25) is 5.75 Å². The van der Waals surface area contributed by atoms with Crippen molar-refractivity contribution in [2.75, 3.05) is 21.3 Å². The summed E-state index contributed by atoms with van der Waals surface area (Å²) >= 11 is 0. The van der Waals surface area contributed by atoms with E-state index in [1.165, 1.54) is 31.2 Å². The summed E-state index contributed by atoms with van der Waals surface area (Å²) in [6.07, 6.45) is 5.17. The van der Waals surface area contributed by atoms with Crippen LogP contribution in [0, 0.1) is 0 Å². The molecule has 0 saturated heterocycles. The first-order valence-electron chi connectivity index (χ1n) is 6.10. The van der Waals surface area contributed by atoms with E-state index in [1.807, 2.05) is 0 Å². The van der Waals surface area contributed by atoms with E-state index in [1.54, 1.807) is 21.3 Å². The molecule has 1 aliphatic carbocycles. The van der Waals surface area contributed by atoms with E-state index in [0.717, 1.165) is 11.5 Å². The molecule has 0 amide bonds. The van der Waals surface area contributed by atoms with Crippen molar-refractivity contribution in [3.05, 3.63) is 17.7 Å². The van der Waals surface area contributed by atoms with Crippen molar-refractivity contribution in [1.29, 1.82) is 0 Å². The third kappa shape index (κ3) is 2.33. The Kier molecular flexibility index (Phi) is 3.77. The molecule has 3 heteroatoms. The van der Waals surface area contributed by atoms with Crippen LogP contribution in [0.3, 0.4) is 0 Å². The van der Waals surface area contributed by atoms with Gasteiger partial charge in [-0.2, -0.15) is 0 Å². The van der Waals surface area contributed by atoms with Gasteiger partial charge in [-0.05, 0) is 36.5 Å². The number of ether oxygens (including phenoxy) is 3. The second-order valence-electron chi connectivity index (χ2n) is 4.44. The summed E-state index contributed by atoms with van der Waals surface area (Å²) in [6, 6.07) is 4.16. The molecule has 0 radical (unpaired) electrons. The summed E-state index contributed by atoms with van der Waals surface area (Å²) in [7, 11) is 4.96. The fraction of sp³-hybridized carbons (Fsp3) is 0.571. The van der Waals surface area contributed by atoms with E-state index in [4.69, 9.17) is 14.2 Å². The van der Waals surface area contributed by atoms with Crippen LogP contribution in [0.4, 0.5) is 0 Å². The smallest absolute Gasteiger partial charge is 0.203 e. The maximum Gasteiger partial charge on any atom is 0.203 e. The molecular formula is C14H20O3. The highest BCUT2D eigenvalue weighted by Gasteiger charge is 2.21. The van der Waals surface area contributed by atoms with Gasteiger partial charge in [0.05, 0.1) is 21.3 Å². The third-order valence-electron chi connectivity index (χ3n) is 3.51. The lowest BCUT2D eigenvalue weighted by Crippen LogP contribution is -1.99. The van der Waals surface area contributed by atoms with Crippen molar-refractivity contribution < 1.29 is 14.2 Å². The summed E-state index contributed by atoms with van der Waals surface area (Å²) in [4.78, 5) is 0. The van der Waals surface area contributed by atoms with Gasteiger partial charge in [-0.1, -0.05) is 12.8 Å². The standard InChI is InChI=1S/C14H20O3/c1-15-12-8-11(10-6-4-5-7-10)9-13(16-2)14(12)17-3/h8-10H,4-7H2,1-3H3. The Hall–Kier alpha value is -1.38. The summed E-state index contributed by atoms with van der Waals surface area (Å²) in [6.45, 7) is 0. The van der Waals surface area contributed by atoms with Crippen molar-refractivity contribution in [3.63, 3.8) is 0 Å². The molecule has 1 aromatic rings. The Morgan fingerprint density at radius 2 is 1.41 bits per heavy atom. The lowest BCUT2D eigenvalue weighted by Gasteiger charge is -2.16. The molecule has 1 aromatic carbocycles. The Morgan fingerprint density at radius 3 is 1.82 bits per heavy atom. The average molecular weight is 236 g/mol. The predicted molar refractivity (Wildman–Crippen MR) is 67.3 cm³/mol. The molecule has 3 nitrogen and oxygen atoms in total. The molecule has 17 heavy (non-hydrogen) atoms. The van der Waals surface area contributed by atoms with Crippen LogP contribution in [0.25, 0.3) is 0 Å². The van der Waals surface area contributed by atoms with Crippen LogP contribution in [-0.4, -0.2) is 21.3 Å². The minimum Gasteiger partial charge on any atom is -0.493 e. The molecule has 0 atom stereocenters. The zero-order valence-corrected chi connectivity index (χ0v) is 10.8. The van der Waals surface area contributed by atoms with Crippen LogP contribution < -0.4 is 14.2 Å². The Labute approximate surface area is 103 Å². The fourth-order valence-corrected chi connectivity index (χ4v) is 2.60. The first-order chi connectivity index (χ1) is 8.30. The van der Waals surface area contributed by atoms with Gasteiger partial charge in [0.1, 0.15) is 0 Å². The molecule has 0 spiro atoms. The van der Waals surface area contributed by atoms with Gasteiger partial charge in [-0.25, -0.2) is 0 Å². The summed E-state index contributed by atoms with van der Waals surface area (Å²) in [5.41, 5.74) is 1.30. The zero-order valence-electron chi connectivity index (χ0n) is 10.8. The molecule has 0 aromatic heterocycles. The molecule has 1 fully saturated rings. The second kappa shape index (κ2) is 5.30. The van der Waals surface area contributed by atoms with Crippen molar-refractivity contribution in [2.24, 2.45) is 0 Å². The zero-order chi connectivity index (χ0) is 12.3. The van der Waals surface area contributed by atoms with Crippen LogP contribution in [0.2, 0.25) is 0 Å². The lowest BCUT2D eigenvalue weighted by molar-refractivity contribution is 0.323. The van der Waals surface area contributed by atoms with E-state index in [0.29, 0.717) is 11.7 Å². The van der Waals surface area contributed by atoms with Gasteiger partial charge in [-0.3, -0.25) is 0 Å². The molecule has 0 bridgehead atoms. The van der Waals surface area contributed by atoms with Gasteiger partial charge < -0.3 is 14.2 Å². The van der Waals surface area contributed by atoms with E-state index in [2.05, 4.69) is 12.1 Å². The highest BCUT2D eigenvalue weighted by atomic mass is 16.5. The van der Waals surface area contributed by atoms with Gasteiger partial charge in [0.15, 0.2) is 11.5 Å². The molecule has 0 aliphatic heterocycles. The van der Waals surface area contributed by atoms with E-state index < -0.39 is 0 Å². The quantitative estimate of drug-likeness (QED) is 0.802. The summed E-state index contributed by atoms with van der Waals surface area (Å²) in [5.74, 6) is 2.84. The molecular weight excluding hydrogens is 216 g/mol. The fourth-order valence-electron chi connectivity index (χ4n) is 2.60. The highest BCUT2D eigenvalue weighted by Crippen LogP contribution is 2.43. The van der Waals surface area contributed by atoms with Crippen molar-refractivity contribution >= 4 is 0 Å². The number of benzene rings is 1. The maximum absolute atomic E-state index is 5.37. The van der Waals surface area contributed by atoms with Gasteiger partial charge >= 0.3 is 0 Å². The summed E-state index contributed by atoms with van der Waals surface area (Å²) < 4.78 is 16.1. The highest BCUT2D eigenvalue weighted by molar-refractivity contribution is 5.54. The Bertz CT molecular complexity index is 356. The van der Waals surface area contributed by atoms with Crippen LogP contribution in [0.5, 0.6) is 17.2 Å². The normalized spacial score (nSPS) is 15.9. The third-order valence-corrected chi connectivity index (χ3v) is 3.51. The number of hydrogen-bond donors (Lipinski definition) is 0. The van der Waals surface area contributed by atoms with E-state index in [-0.39, 0.29) is 0 Å². The average Bonchev–Trinajstić information content (AvgIpc) is 2.90. The predicted octanol–water partition coefficient (Wildman–Crippen LogP) is 3.37. The van der Waals surface area contributed by atoms with E-state index in [9.17, 15) is 0 Å². The molecule has 1 saturated carbocycles. The SMILES string of the molecule is COc1cc(C2CCCC2)cc(OC)c1OC. The Morgan fingerprint density at radius 1 is 0.882 bits per heavy atom. The van der Waals surface area contributed by atoms with Crippen LogP contribution in [0.15, 0.2) is 12.1 Å². The molecule has 0 unspecified atom stereocenters. The molecule has 94 valence electrons. The van der Waals surface area contributed by atoms with Crippen molar-refractivity contribution in [2.45, 2.75) is 31.6 Å².